The molecule has 0 N–H and O–H groups in total. The maximum absolute atomic E-state index is 12.7. The van der Waals surface area contributed by atoms with E-state index in [2.05, 4.69) is 61.5 Å². The van der Waals surface area contributed by atoms with E-state index < -0.39 is 0 Å². The number of benzene rings is 2. The highest BCUT2D eigenvalue weighted by atomic mass is 16.6. The van der Waals surface area contributed by atoms with Crippen molar-refractivity contribution in [1.82, 2.24) is 0 Å². The molecule has 0 radical (unpaired) electrons. The summed E-state index contributed by atoms with van der Waals surface area (Å²) in [4.78, 5) is 18.6. The molecule has 1 atom stereocenters. The van der Waals surface area contributed by atoms with Gasteiger partial charge in [-0.05, 0) is 101 Å². The molecule has 1 unspecified atom stereocenters. The third-order valence-corrected chi connectivity index (χ3v) is 8.95. The molecule has 2 fully saturated rings. The topological polar surface area (TPSA) is 47.9 Å². The van der Waals surface area contributed by atoms with Crippen LogP contribution in [-0.2, 0) is 16.1 Å². The number of oxime groups is 1. The second kappa shape index (κ2) is 11.4. The van der Waals surface area contributed by atoms with Crippen LogP contribution in [0.2, 0.25) is 0 Å². The number of hydrogen-bond donors (Lipinski definition) is 0. The molecule has 0 saturated heterocycles. The van der Waals surface area contributed by atoms with Gasteiger partial charge in [-0.2, -0.15) is 0 Å². The van der Waals surface area contributed by atoms with Crippen LogP contribution in [0.3, 0.4) is 0 Å². The average Bonchev–Trinajstić information content (AvgIpc) is 3.77. The molecule has 2 aromatic carbocycles. The molecule has 0 bridgehead atoms. The van der Waals surface area contributed by atoms with Crippen LogP contribution in [0.5, 0.6) is 5.75 Å². The summed E-state index contributed by atoms with van der Waals surface area (Å²) in [7, 11) is 0. The molecule has 198 valence electrons. The SMILES string of the molecule is CCOc1cc(CCC2CCC(C3CCC(C)(C(=O)C4CC4)CC3)=NOC2)ccc1-c1ccc(C)cc1. The number of rotatable bonds is 9. The van der Waals surface area contributed by atoms with E-state index in [4.69, 9.17) is 9.57 Å². The van der Waals surface area contributed by atoms with E-state index in [1.807, 2.05) is 6.92 Å². The zero-order valence-electron chi connectivity index (χ0n) is 22.9. The summed E-state index contributed by atoms with van der Waals surface area (Å²) >= 11 is 0. The van der Waals surface area contributed by atoms with Crippen molar-refractivity contribution in [2.45, 2.75) is 85.0 Å². The fraction of sp³-hybridized carbons (Fsp3) is 0.576. The molecule has 4 nitrogen and oxygen atoms in total. The van der Waals surface area contributed by atoms with E-state index in [-0.39, 0.29) is 5.41 Å². The van der Waals surface area contributed by atoms with Gasteiger partial charge in [-0.1, -0.05) is 54.0 Å². The minimum absolute atomic E-state index is 0.0955. The monoisotopic (exact) mass is 501 g/mol. The summed E-state index contributed by atoms with van der Waals surface area (Å²) in [5.74, 6) is 2.87. The highest BCUT2D eigenvalue weighted by Crippen LogP contribution is 2.46. The van der Waals surface area contributed by atoms with Gasteiger partial charge in [0.2, 0.25) is 0 Å². The Kier molecular flexibility index (Phi) is 8.02. The van der Waals surface area contributed by atoms with Crippen molar-refractivity contribution in [3.05, 3.63) is 53.6 Å². The van der Waals surface area contributed by atoms with Crippen LogP contribution in [0.25, 0.3) is 11.1 Å². The van der Waals surface area contributed by atoms with Crippen LogP contribution in [0.1, 0.15) is 82.8 Å². The predicted octanol–water partition coefficient (Wildman–Crippen LogP) is 7.95. The molecule has 37 heavy (non-hydrogen) atoms. The molecule has 2 aromatic rings. The van der Waals surface area contributed by atoms with E-state index in [1.54, 1.807) is 0 Å². The van der Waals surface area contributed by atoms with Gasteiger partial charge in [-0.25, -0.2) is 0 Å². The molecule has 0 spiro atoms. The Morgan fingerprint density at radius 2 is 1.81 bits per heavy atom. The number of carbonyl (C=O) groups is 1. The van der Waals surface area contributed by atoms with Crippen molar-refractivity contribution in [3.8, 4) is 16.9 Å². The normalized spacial score (nSPS) is 26.1. The van der Waals surface area contributed by atoms with Gasteiger partial charge in [0.25, 0.3) is 0 Å². The van der Waals surface area contributed by atoms with E-state index in [1.165, 1.54) is 22.4 Å². The van der Waals surface area contributed by atoms with E-state index >= 15 is 0 Å². The molecule has 2 saturated carbocycles. The smallest absolute Gasteiger partial charge is 0.141 e. The molecule has 5 rings (SSSR count). The Morgan fingerprint density at radius 1 is 1.05 bits per heavy atom. The second-order valence-corrected chi connectivity index (χ2v) is 11.9. The zero-order valence-corrected chi connectivity index (χ0v) is 22.9. The van der Waals surface area contributed by atoms with Crippen molar-refractivity contribution < 1.29 is 14.4 Å². The number of ketones is 1. The van der Waals surface area contributed by atoms with E-state index in [0.717, 1.165) is 75.5 Å². The van der Waals surface area contributed by atoms with Crippen LogP contribution in [0.4, 0.5) is 0 Å². The van der Waals surface area contributed by atoms with Gasteiger partial charge in [0.15, 0.2) is 0 Å². The van der Waals surface area contributed by atoms with Gasteiger partial charge in [-0.3, -0.25) is 4.79 Å². The first-order valence-electron chi connectivity index (χ1n) is 14.5. The van der Waals surface area contributed by atoms with Crippen molar-refractivity contribution in [3.63, 3.8) is 0 Å². The van der Waals surface area contributed by atoms with Gasteiger partial charge >= 0.3 is 0 Å². The summed E-state index contributed by atoms with van der Waals surface area (Å²) in [6, 6.07) is 15.3. The Hall–Kier alpha value is -2.62. The zero-order chi connectivity index (χ0) is 25.8. The first kappa shape index (κ1) is 26.0. The molecule has 1 aliphatic heterocycles. The maximum Gasteiger partial charge on any atom is 0.141 e. The Labute approximate surface area is 222 Å². The van der Waals surface area contributed by atoms with Crippen molar-refractivity contribution in [2.75, 3.05) is 13.2 Å². The average molecular weight is 502 g/mol. The Balaban J connectivity index is 1.13. The fourth-order valence-corrected chi connectivity index (χ4v) is 6.23. The number of hydrogen-bond acceptors (Lipinski definition) is 4. The molecule has 2 aliphatic carbocycles. The minimum Gasteiger partial charge on any atom is -0.493 e. The first-order valence-corrected chi connectivity index (χ1v) is 14.5. The summed E-state index contributed by atoms with van der Waals surface area (Å²) in [5.41, 5.74) is 6.08. The molecule has 1 heterocycles. The van der Waals surface area contributed by atoms with Crippen molar-refractivity contribution in [1.29, 1.82) is 0 Å². The van der Waals surface area contributed by atoms with E-state index in [0.29, 0.717) is 36.8 Å². The standard InChI is InChI=1S/C33H43NO3/c1-4-36-31-21-24(9-15-29(31)26-11-5-23(2)6-12-26)7-8-25-10-16-30(34-37-22-25)27-17-19-33(3,20-18-27)32(35)28-13-14-28/h5-6,9,11-12,15,21,25,27-28H,4,7-8,10,13-14,16-20,22H2,1-3H3. The minimum atomic E-state index is -0.0955. The first-order chi connectivity index (χ1) is 17.9. The molecule has 4 heteroatoms. The Morgan fingerprint density at radius 3 is 2.51 bits per heavy atom. The summed E-state index contributed by atoms with van der Waals surface area (Å²) in [6.45, 7) is 7.73. The third kappa shape index (κ3) is 6.27. The lowest BCUT2D eigenvalue weighted by Crippen LogP contribution is -2.35. The highest BCUT2D eigenvalue weighted by Gasteiger charge is 2.44. The fourth-order valence-electron chi connectivity index (χ4n) is 6.23. The Bertz CT molecular complexity index is 1110. The van der Waals surface area contributed by atoms with Crippen LogP contribution in [0, 0.1) is 30.1 Å². The number of Topliss-reactive ketones (excluding diaryl/α,β-unsaturated/α-hetero) is 1. The second-order valence-electron chi connectivity index (χ2n) is 11.9. The largest absolute Gasteiger partial charge is 0.493 e. The molecule has 3 aliphatic rings. The molecular weight excluding hydrogens is 458 g/mol. The number of nitrogens with zero attached hydrogens (tertiary/aromatic N) is 1. The number of ether oxygens (including phenoxy) is 1. The highest BCUT2D eigenvalue weighted by molar-refractivity contribution is 5.90. The number of aryl methyl sites for hydroxylation is 2. The van der Waals surface area contributed by atoms with Gasteiger partial charge < -0.3 is 9.57 Å². The lowest BCUT2D eigenvalue weighted by Gasteiger charge is -2.36. The molecular formula is C33H43NO3. The van der Waals surface area contributed by atoms with Crippen LogP contribution < -0.4 is 4.74 Å². The van der Waals surface area contributed by atoms with Gasteiger partial charge in [0.1, 0.15) is 18.1 Å². The van der Waals surface area contributed by atoms with Crippen molar-refractivity contribution in [2.24, 2.45) is 28.3 Å². The molecule has 0 aromatic heterocycles. The van der Waals surface area contributed by atoms with Gasteiger partial charge in [0, 0.05) is 22.8 Å². The lowest BCUT2D eigenvalue weighted by atomic mass is 9.67. The molecule has 0 amide bonds. The third-order valence-electron chi connectivity index (χ3n) is 8.95. The van der Waals surface area contributed by atoms with Crippen LogP contribution in [-0.4, -0.2) is 24.7 Å². The summed E-state index contributed by atoms with van der Waals surface area (Å²) in [5, 5.41) is 4.59. The van der Waals surface area contributed by atoms with Crippen LogP contribution in [0.15, 0.2) is 47.6 Å². The van der Waals surface area contributed by atoms with Gasteiger partial charge in [-0.15, -0.1) is 0 Å². The lowest BCUT2D eigenvalue weighted by molar-refractivity contribution is -0.131. The summed E-state index contributed by atoms with van der Waals surface area (Å²) < 4.78 is 6.04. The van der Waals surface area contributed by atoms with Crippen molar-refractivity contribution >= 4 is 11.5 Å². The quantitative estimate of drug-likeness (QED) is 0.350. The van der Waals surface area contributed by atoms with Crippen LogP contribution >= 0.6 is 0 Å². The summed E-state index contributed by atoms with van der Waals surface area (Å²) in [6.07, 6.45) is 10.7. The van der Waals surface area contributed by atoms with Gasteiger partial charge in [0.05, 0.1) is 12.3 Å². The number of carbonyl (C=O) groups excluding carboxylic acids is 1. The predicted molar refractivity (Wildman–Crippen MR) is 150 cm³/mol. The maximum atomic E-state index is 12.7. The van der Waals surface area contributed by atoms with E-state index in [9.17, 15) is 4.79 Å².